The van der Waals surface area contributed by atoms with Gasteiger partial charge in [-0.05, 0) is 35.8 Å². The molecule has 1 aromatic heterocycles. The first-order chi connectivity index (χ1) is 9.11. The highest BCUT2D eigenvalue weighted by molar-refractivity contribution is 7.10. The lowest BCUT2D eigenvalue weighted by atomic mass is 10.1. The summed E-state index contributed by atoms with van der Waals surface area (Å²) in [5.41, 5.74) is 1.66. The Labute approximate surface area is 114 Å². The molecule has 0 aliphatic carbocycles. The van der Waals surface area contributed by atoms with E-state index in [0.29, 0.717) is 21.8 Å². The Hall–Kier alpha value is -2.26. The van der Waals surface area contributed by atoms with E-state index in [2.05, 4.69) is 15.4 Å². The van der Waals surface area contributed by atoms with Gasteiger partial charge in [0, 0.05) is 19.7 Å². The van der Waals surface area contributed by atoms with E-state index >= 15 is 0 Å². The van der Waals surface area contributed by atoms with Crippen molar-refractivity contribution in [3.05, 3.63) is 35.6 Å². The molecule has 0 unspecified atom stereocenters. The molecule has 6 heteroatoms. The van der Waals surface area contributed by atoms with Crippen LogP contribution in [0.3, 0.4) is 0 Å². The monoisotopic (exact) mass is 274 g/mol. The molecule has 0 saturated carbocycles. The molecule has 0 fully saturated rings. The number of hydrogen-bond acceptors (Lipinski definition) is 4. The molecule has 0 atom stereocenters. The molecule has 1 heterocycles. The van der Waals surface area contributed by atoms with Gasteiger partial charge in [0.2, 0.25) is 0 Å². The first-order valence-corrected chi connectivity index (χ1v) is 6.25. The van der Waals surface area contributed by atoms with Crippen LogP contribution in [0.2, 0.25) is 0 Å². The number of rotatable bonds is 3. The molecule has 0 spiro atoms. The lowest BCUT2D eigenvalue weighted by molar-refractivity contribution is 0.628. The van der Waals surface area contributed by atoms with Crippen LogP contribution in [0.4, 0.5) is 9.39 Å². The Kier molecular flexibility index (Phi) is 3.88. The standard InChI is InChI=1S/C13H11FN4S/c1-18(2)8-16-13-11(7-15)12(17-19-13)9-3-5-10(14)6-4-9/h3-6,8H,1-2H3/b16-8+. The van der Waals surface area contributed by atoms with E-state index in [1.54, 1.807) is 23.4 Å². The molecule has 0 saturated heterocycles. The molecule has 2 aromatic rings. The summed E-state index contributed by atoms with van der Waals surface area (Å²) in [6.07, 6.45) is 1.61. The van der Waals surface area contributed by atoms with E-state index in [1.807, 2.05) is 14.1 Å². The molecule has 1 aromatic carbocycles. The molecule has 0 radical (unpaired) electrons. The summed E-state index contributed by atoms with van der Waals surface area (Å²) in [6, 6.07) is 8.00. The summed E-state index contributed by atoms with van der Waals surface area (Å²) in [5, 5.41) is 9.78. The summed E-state index contributed by atoms with van der Waals surface area (Å²) < 4.78 is 17.1. The van der Waals surface area contributed by atoms with Crippen LogP contribution in [0, 0.1) is 17.1 Å². The minimum atomic E-state index is -0.316. The van der Waals surface area contributed by atoms with Crippen LogP contribution in [0.5, 0.6) is 0 Å². The number of aliphatic imine (C=N–C) groups is 1. The number of nitriles is 1. The molecule has 0 aliphatic rings. The Morgan fingerprint density at radius 2 is 2.05 bits per heavy atom. The van der Waals surface area contributed by atoms with Crippen molar-refractivity contribution >= 4 is 22.9 Å². The molecule has 0 aliphatic heterocycles. The van der Waals surface area contributed by atoms with Crippen LogP contribution in [-0.2, 0) is 0 Å². The number of benzene rings is 1. The number of aromatic nitrogens is 1. The van der Waals surface area contributed by atoms with Gasteiger partial charge in [0.25, 0.3) is 0 Å². The Morgan fingerprint density at radius 3 is 2.63 bits per heavy atom. The fourth-order valence-electron chi connectivity index (χ4n) is 1.44. The second-order valence-corrected chi connectivity index (χ2v) is 4.79. The van der Waals surface area contributed by atoms with Crippen LogP contribution in [-0.4, -0.2) is 29.7 Å². The number of nitrogens with zero attached hydrogens (tertiary/aromatic N) is 4. The SMILES string of the molecule is CN(C)/C=N/c1snc(-c2ccc(F)cc2)c1C#N. The molecule has 0 bridgehead atoms. The Morgan fingerprint density at radius 1 is 1.37 bits per heavy atom. The van der Waals surface area contributed by atoms with Gasteiger partial charge in [0.05, 0.1) is 6.34 Å². The minimum Gasteiger partial charge on any atom is -0.369 e. The van der Waals surface area contributed by atoms with Crippen LogP contribution in [0.15, 0.2) is 29.3 Å². The van der Waals surface area contributed by atoms with Crippen molar-refractivity contribution in [1.29, 1.82) is 5.26 Å². The van der Waals surface area contributed by atoms with Crippen molar-refractivity contribution in [2.45, 2.75) is 0 Å². The lowest BCUT2D eigenvalue weighted by Crippen LogP contribution is -2.06. The van der Waals surface area contributed by atoms with E-state index in [0.717, 1.165) is 11.5 Å². The van der Waals surface area contributed by atoms with E-state index in [9.17, 15) is 9.65 Å². The molecule has 0 N–H and O–H groups in total. The van der Waals surface area contributed by atoms with Crippen molar-refractivity contribution in [1.82, 2.24) is 9.27 Å². The largest absolute Gasteiger partial charge is 0.369 e. The molecule has 2 rings (SSSR count). The van der Waals surface area contributed by atoms with Crippen LogP contribution < -0.4 is 0 Å². The second kappa shape index (κ2) is 5.59. The zero-order valence-electron chi connectivity index (χ0n) is 10.5. The van der Waals surface area contributed by atoms with Gasteiger partial charge in [-0.25, -0.2) is 9.38 Å². The highest BCUT2D eigenvalue weighted by atomic mass is 32.1. The first-order valence-electron chi connectivity index (χ1n) is 5.48. The molecule has 19 heavy (non-hydrogen) atoms. The van der Waals surface area contributed by atoms with Gasteiger partial charge in [0.15, 0.2) is 5.00 Å². The highest BCUT2D eigenvalue weighted by Crippen LogP contribution is 2.33. The minimum absolute atomic E-state index is 0.316. The van der Waals surface area contributed by atoms with Gasteiger partial charge in [-0.1, -0.05) is 0 Å². The zero-order valence-corrected chi connectivity index (χ0v) is 11.3. The summed E-state index contributed by atoms with van der Waals surface area (Å²) >= 11 is 1.15. The molecule has 4 nitrogen and oxygen atoms in total. The van der Waals surface area contributed by atoms with Gasteiger partial charge in [-0.3, -0.25) is 0 Å². The third kappa shape index (κ3) is 2.95. The van der Waals surface area contributed by atoms with Gasteiger partial charge >= 0.3 is 0 Å². The van der Waals surface area contributed by atoms with Crippen LogP contribution in [0.25, 0.3) is 11.3 Å². The third-order valence-electron chi connectivity index (χ3n) is 2.31. The maximum atomic E-state index is 12.9. The van der Waals surface area contributed by atoms with Crippen molar-refractivity contribution < 1.29 is 4.39 Å². The van der Waals surface area contributed by atoms with Crippen molar-refractivity contribution in [3.8, 4) is 17.3 Å². The number of halogens is 1. The quantitative estimate of drug-likeness (QED) is 0.638. The van der Waals surface area contributed by atoms with Crippen molar-refractivity contribution in [3.63, 3.8) is 0 Å². The smallest absolute Gasteiger partial charge is 0.156 e. The van der Waals surface area contributed by atoms with Crippen molar-refractivity contribution in [2.24, 2.45) is 4.99 Å². The van der Waals surface area contributed by atoms with E-state index < -0.39 is 0 Å². The summed E-state index contributed by atoms with van der Waals surface area (Å²) in [6.45, 7) is 0. The van der Waals surface area contributed by atoms with Gasteiger partial charge in [-0.15, -0.1) is 0 Å². The first kappa shape index (κ1) is 13.2. The molecule has 0 amide bonds. The van der Waals surface area contributed by atoms with E-state index in [4.69, 9.17) is 0 Å². The van der Waals surface area contributed by atoms with E-state index in [-0.39, 0.29) is 5.82 Å². The van der Waals surface area contributed by atoms with Gasteiger partial charge < -0.3 is 4.90 Å². The van der Waals surface area contributed by atoms with Crippen molar-refractivity contribution in [2.75, 3.05) is 14.1 Å². The highest BCUT2D eigenvalue weighted by Gasteiger charge is 2.14. The third-order valence-corrected chi connectivity index (χ3v) is 3.07. The lowest BCUT2D eigenvalue weighted by Gasteiger charge is -2.01. The predicted molar refractivity (Wildman–Crippen MR) is 74.1 cm³/mol. The normalized spacial score (nSPS) is 10.6. The Bertz CT molecular complexity index is 638. The Balaban J connectivity index is 2.43. The average molecular weight is 274 g/mol. The van der Waals surface area contributed by atoms with E-state index in [1.165, 1.54) is 12.1 Å². The summed E-state index contributed by atoms with van der Waals surface area (Å²) in [5.74, 6) is -0.316. The maximum Gasteiger partial charge on any atom is 0.156 e. The molecule has 96 valence electrons. The fraction of sp³-hybridized carbons (Fsp3) is 0.154. The number of hydrogen-bond donors (Lipinski definition) is 0. The molecular formula is C13H11FN4S. The van der Waals surface area contributed by atoms with Gasteiger partial charge in [0.1, 0.15) is 23.1 Å². The summed E-state index contributed by atoms with van der Waals surface area (Å²) in [4.78, 5) is 5.98. The second-order valence-electron chi connectivity index (χ2n) is 4.04. The maximum absolute atomic E-state index is 12.9. The summed E-state index contributed by atoms with van der Waals surface area (Å²) in [7, 11) is 3.69. The molecular weight excluding hydrogens is 263 g/mol. The predicted octanol–water partition coefficient (Wildman–Crippen LogP) is 3.04. The van der Waals surface area contributed by atoms with Crippen LogP contribution >= 0.6 is 11.5 Å². The van der Waals surface area contributed by atoms with Gasteiger partial charge in [-0.2, -0.15) is 9.64 Å². The van der Waals surface area contributed by atoms with Crippen LogP contribution in [0.1, 0.15) is 5.56 Å². The topological polar surface area (TPSA) is 52.3 Å². The average Bonchev–Trinajstić information content (AvgIpc) is 2.80. The zero-order chi connectivity index (χ0) is 13.8. The fourth-order valence-corrected chi connectivity index (χ4v) is 2.15.